The van der Waals surface area contributed by atoms with Crippen LogP contribution in [-0.4, -0.2) is 10.8 Å². The van der Waals surface area contributed by atoms with Crippen molar-refractivity contribution in [1.82, 2.24) is 4.98 Å². The molecular formula is C16H15NOS. The minimum Gasteiger partial charge on any atom is -0.356 e. The number of H-pyrrole nitrogens is 1. The van der Waals surface area contributed by atoms with E-state index in [1.807, 2.05) is 44.4 Å². The van der Waals surface area contributed by atoms with Gasteiger partial charge in [0, 0.05) is 26.7 Å². The number of ketones is 1. The molecule has 96 valence electrons. The average Bonchev–Trinajstić information content (AvgIpc) is 2.95. The van der Waals surface area contributed by atoms with E-state index in [0.29, 0.717) is 0 Å². The number of rotatable bonds is 2. The molecule has 3 rings (SSSR count). The molecular weight excluding hydrogens is 254 g/mol. The zero-order chi connectivity index (χ0) is 13.6. The number of thiophene rings is 1. The molecule has 2 nitrogen and oxygen atoms in total. The van der Waals surface area contributed by atoms with Gasteiger partial charge in [0.05, 0.1) is 5.69 Å². The molecule has 0 aliphatic rings. The van der Waals surface area contributed by atoms with Gasteiger partial charge in [-0.3, -0.25) is 4.79 Å². The maximum Gasteiger partial charge on any atom is 0.210 e. The molecule has 3 aromatic rings. The van der Waals surface area contributed by atoms with Gasteiger partial charge in [0.15, 0.2) is 0 Å². The molecule has 19 heavy (non-hydrogen) atoms. The lowest BCUT2D eigenvalue weighted by Gasteiger charge is -1.99. The number of carbonyl (C=O) groups excluding carboxylic acids is 1. The van der Waals surface area contributed by atoms with Crippen LogP contribution in [0.15, 0.2) is 29.6 Å². The number of hydrogen-bond acceptors (Lipinski definition) is 2. The van der Waals surface area contributed by atoms with Crippen LogP contribution in [0.2, 0.25) is 0 Å². The van der Waals surface area contributed by atoms with Crippen LogP contribution in [0.3, 0.4) is 0 Å². The first kappa shape index (κ1) is 12.2. The third-order valence-corrected chi connectivity index (χ3v) is 4.73. The Labute approximate surface area is 116 Å². The Balaban J connectivity index is 2.16. The number of aromatic amines is 1. The third-order valence-electron chi connectivity index (χ3n) is 3.77. The van der Waals surface area contributed by atoms with E-state index in [1.54, 1.807) is 11.3 Å². The van der Waals surface area contributed by atoms with Crippen molar-refractivity contribution in [2.24, 2.45) is 0 Å². The largest absolute Gasteiger partial charge is 0.356 e. The number of benzene rings is 1. The van der Waals surface area contributed by atoms with E-state index < -0.39 is 0 Å². The van der Waals surface area contributed by atoms with Crippen molar-refractivity contribution < 1.29 is 4.79 Å². The predicted octanol–water partition coefficient (Wildman–Crippen LogP) is 4.39. The molecule has 2 heterocycles. The fourth-order valence-corrected chi connectivity index (χ4v) is 3.30. The SMILES string of the molecule is Cc1[nH]c(C(=O)c2csc3ccccc23)c(C)c1C. The highest BCUT2D eigenvalue weighted by atomic mass is 32.1. The van der Waals surface area contributed by atoms with Gasteiger partial charge < -0.3 is 4.98 Å². The monoisotopic (exact) mass is 269 g/mol. The molecule has 3 heteroatoms. The Morgan fingerprint density at radius 2 is 1.84 bits per heavy atom. The Bertz CT molecular complexity index is 779. The lowest BCUT2D eigenvalue weighted by atomic mass is 10.0. The summed E-state index contributed by atoms with van der Waals surface area (Å²) in [5.41, 5.74) is 4.81. The molecule has 0 spiro atoms. The predicted molar refractivity (Wildman–Crippen MR) is 80.3 cm³/mol. The van der Waals surface area contributed by atoms with E-state index in [2.05, 4.69) is 11.1 Å². The molecule has 0 saturated carbocycles. The number of nitrogens with one attached hydrogen (secondary N) is 1. The first-order chi connectivity index (χ1) is 9.09. The van der Waals surface area contributed by atoms with Crippen molar-refractivity contribution in [3.05, 3.63) is 57.7 Å². The Kier molecular flexibility index (Phi) is 2.79. The van der Waals surface area contributed by atoms with Gasteiger partial charge in [-0.15, -0.1) is 11.3 Å². The minimum absolute atomic E-state index is 0.0890. The molecule has 2 aromatic heterocycles. The van der Waals surface area contributed by atoms with E-state index in [1.165, 1.54) is 5.56 Å². The zero-order valence-electron chi connectivity index (χ0n) is 11.2. The molecule has 0 radical (unpaired) electrons. The smallest absolute Gasteiger partial charge is 0.210 e. The second-order valence-corrected chi connectivity index (χ2v) is 5.76. The average molecular weight is 269 g/mol. The van der Waals surface area contributed by atoms with Crippen molar-refractivity contribution in [3.63, 3.8) is 0 Å². The van der Waals surface area contributed by atoms with Gasteiger partial charge >= 0.3 is 0 Å². The molecule has 0 amide bonds. The van der Waals surface area contributed by atoms with E-state index in [-0.39, 0.29) is 5.78 Å². The Hall–Kier alpha value is -1.87. The quantitative estimate of drug-likeness (QED) is 0.688. The minimum atomic E-state index is 0.0890. The summed E-state index contributed by atoms with van der Waals surface area (Å²) >= 11 is 1.62. The maximum atomic E-state index is 12.7. The lowest BCUT2D eigenvalue weighted by Crippen LogP contribution is -2.02. The summed E-state index contributed by atoms with van der Waals surface area (Å²) in [4.78, 5) is 15.9. The first-order valence-electron chi connectivity index (χ1n) is 6.26. The van der Waals surface area contributed by atoms with E-state index >= 15 is 0 Å². The van der Waals surface area contributed by atoms with E-state index in [4.69, 9.17) is 0 Å². The van der Waals surface area contributed by atoms with Crippen LogP contribution in [0, 0.1) is 20.8 Å². The summed E-state index contributed by atoms with van der Waals surface area (Å²) in [6.45, 7) is 6.05. The molecule has 0 aliphatic heterocycles. The molecule has 0 aliphatic carbocycles. The standard InChI is InChI=1S/C16H15NOS/c1-9-10(2)15(17-11(9)3)16(18)13-8-19-14-7-5-4-6-12(13)14/h4-8,17H,1-3H3. The van der Waals surface area contributed by atoms with Crippen molar-refractivity contribution >= 4 is 27.2 Å². The summed E-state index contributed by atoms with van der Waals surface area (Å²) in [5.74, 6) is 0.0890. The lowest BCUT2D eigenvalue weighted by molar-refractivity contribution is 0.103. The molecule has 0 fully saturated rings. The fraction of sp³-hybridized carbons (Fsp3) is 0.188. The van der Waals surface area contributed by atoms with Gasteiger partial charge in [0.25, 0.3) is 0 Å². The molecule has 1 aromatic carbocycles. The van der Waals surface area contributed by atoms with Crippen LogP contribution in [0.4, 0.5) is 0 Å². The zero-order valence-corrected chi connectivity index (χ0v) is 12.0. The molecule has 0 atom stereocenters. The third kappa shape index (κ3) is 1.81. The molecule has 0 saturated heterocycles. The second kappa shape index (κ2) is 4.35. The maximum absolute atomic E-state index is 12.7. The van der Waals surface area contributed by atoms with Crippen molar-refractivity contribution in [1.29, 1.82) is 0 Å². The number of hydrogen-bond donors (Lipinski definition) is 1. The van der Waals surface area contributed by atoms with Crippen LogP contribution < -0.4 is 0 Å². The van der Waals surface area contributed by atoms with Gasteiger partial charge in [-0.05, 0) is 38.0 Å². The van der Waals surface area contributed by atoms with Gasteiger partial charge in [0.2, 0.25) is 5.78 Å². The summed E-state index contributed by atoms with van der Waals surface area (Å²) in [5, 5.41) is 3.00. The second-order valence-electron chi connectivity index (χ2n) is 4.85. The van der Waals surface area contributed by atoms with Gasteiger partial charge in [-0.1, -0.05) is 18.2 Å². The summed E-state index contributed by atoms with van der Waals surface area (Å²) in [7, 11) is 0. The van der Waals surface area contributed by atoms with E-state index in [9.17, 15) is 4.79 Å². The van der Waals surface area contributed by atoms with Crippen molar-refractivity contribution in [2.75, 3.05) is 0 Å². The van der Waals surface area contributed by atoms with Gasteiger partial charge in [0.1, 0.15) is 0 Å². The van der Waals surface area contributed by atoms with Crippen LogP contribution in [-0.2, 0) is 0 Å². The Morgan fingerprint density at radius 3 is 2.53 bits per heavy atom. The van der Waals surface area contributed by atoms with Crippen molar-refractivity contribution in [3.8, 4) is 0 Å². The molecule has 1 N–H and O–H groups in total. The fourth-order valence-electron chi connectivity index (χ4n) is 2.36. The summed E-state index contributed by atoms with van der Waals surface area (Å²) in [6.07, 6.45) is 0. The number of aromatic nitrogens is 1. The highest BCUT2D eigenvalue weighted by Gasteiger charge is 2.19. The number of fused-ring (bicyclic) bond motifs is 1. The topological polar surface area (TPSA) is 32.9 Å². The highest BCUT2D eigenvalue weighted by Crippen LogP contribution is 2.29. The van der Waals surface area contributed by atoms with Crippen LogP contribution >= 0.6 is 11.3 Å². The number of aryl methyl sites for hydroxylation is 1. The Morgan fingerprint density at radius 1 is 1.11 bits per heavy atom. The van der Waals surface area contributed by atoms with Crippen molar-refractivity contribution in [2.45, 2.75) is 20.8 Å². The summed E-state index contributed by atoms with van der Waals surface area (Å²) in [6, 6.07) is 8.04. The van der Waals surface area contributed by atoms with Gasteiger partial charge in [-0.2, -0.15) is 0 Å². The summed E-state index contributed by atoms with van der Waals surface area (Å²) < 4.78 is 1.16. The normalized spacial score (nSPS) is 11.1. The molecule has 0 unspecified atom stereocenters. The van der Waals surface area contributed by atoms with Crippen LogP contribution in [0.1, 0.15) is 32.9 Å². The number of carbonyl (C=O) groups is 1. The van der Waals surface area contributed by atoms with Crippen LogP contribution in [0.25, 0.3) is 10.1 Å². The molecule has 0 bridgehead atoms. The van der Waals surface area contributed by atoms with E-state index in [0.717, 1.165) is 32.6 Å². The first-order valence-corrected chi connectivity index (χ1v) is 7.14. The van der Waals surface area contributed by atoms with Crippen LogP contribution in [0.5, 0.6) is 0 Å². The highest BCUT2D eigenvalue weighted by molar-refractivity contribution is 7.17. The van der Waals surface area contributed by atoms with Gasteiger partial charge in [-0.25, -0.2) is 0 Å².